The SMILES string of the molecule is CCOC(=O)CC[C@H](Nc1cc(C)c(CCc2cnc3nc(NC(=O)C(C)(C)C)[nH]c(=O)c3c2)s1)C(=O)OCC. The van der Waals surface area contributed by atoms with Crippen LogP contribution in [0.4, 0.5) is 10.9 Å². The van der Waals surface area contributed by atoms with Crippen molar-refractivity contribution in [3.05, 3.63) is 44.7 Å². The fourth-order valence-corrected chi connectivity index (χ4v) is 4.94. The molecule has 3 heterocycles. The average Bonchev–Trinajstić information content (AvgIpc) is 3.23. The molecule has 1 atom stereocenters. The molecule has 0 aliphatic rings. The number of carbonyl (C=O) groups is 3. The molecule has 0 aliphatic heterocycles. The fraction of sp³-hybridized carbons (Fsp3) is 0.500. The third kappa shape index (κ3) is 8.35. The van der Waals surface area contributed by atoms with Crippen LogP contribution in [-0.2, 0) is 36.7 Å². The Morgan fingerprint density at radius 1 is 1.10 bits per heavy atom. The molecule has 12 heteroatoms. The zero-order valence-corrected chi connectivity index (χ0v) is 24.6. The molecule has 0 aromatic carbocycles. The van der Waals surface area contributed by atoms with Crippen molar-refractivity contribution in [1.29, 1.82) is 0 Å². The van der Waals surface area contributed by atoms with E-state index < -0.39 is 17.4 Å². The van der Waals surface area contributed by atoms with Gasteiger partial charge in [-0.05, 0) is 63.3 Å². The van der Waals surface area contributed by atoms with E-state index in [1.165, 1.54) is 11.3 Å². The minimum absolute atomic E-state index is 0.0651. The van der Waals surface area contributed by atoms with E-state index in [1.807, 2.05) is 13.0 Å². The minimum Gasteiger partial charge on any atom is -0.466 e. The number of nitrogens with one attached hydrogen (secondary N) is 3. The number of anilines is 2. The van der Waals surface area contributed by atoms with E-state index in [2.05, 4.69) is 25.6 Å². The summed E-state index contributed by atoms with van der Waals surface area (Å²) in [6, 6.07) is 3.06. The normalized spacial score (nSPS) is 12.2. The molecule has 3 aromatic rings. The van der Waals surface area contributed by atoms with Crippen molar-refractivity contribution in [1.82, 2.24) is 15.0 Å². The van der Waals surface area contributed by atoms with Crippen LogP contribution in [0.3, 0.4) is 0 Å². The lowest BCUT2D eigenvalue weighted by Crippen LogP contribution is -2.32. The summed E-state index contributed by atoms with van der Waals surface area (Å²) in [7, 11) is 0. The summed E-state index contributed by atoms with van der Waals surface area (Å²) in [4.78, 5) is 61.6. The van der Waals surface area contributed by atoms with Crippen LogP contribution >= 0.6 is 11.3 Å². The number of nitrogens with zero attached hydrogens (tertiary/aromatic N) is 2. The van der Waals surface area contributed by atoms with Gasteiger partial charge in [0.1, 0.15) is 6.04 Å². The van der Waals surface area contributed by atoms with E-state index >= 15 is 0 Å². The number of aromatic nitrogens is 3. The standard InChI is InChI=1S/C28H37N5O6S/c1-7-38-22(34)12-10-19(25(36)39-8-2)30-21-13-16(3)20(40-21)11-9-17-14-18-23(29-15-17)31-27(32-24(18)35)33-26(37)28(4,5)6/h13-15,19,30H,7-12H2,1-6H3,(H2,29,31,32,33,35,37)/t19-/m0/s1. The molecule has 0 unspecified atom stereocenters. The number of hydrogen-bond acceptors (Lipinski definition) is 10. The van der Waals surface area contributed by atoms with E-state index in [9.17, 15) is 19.2 Å². The van der Waals surface area contributed by atoms with Crippen LogP contribution in [0.1, 0.15) is 63.5 Å². The second-order valence-electron chi connectivity index (χ2n) is 10.3. The fourth-order valence-electron chi connectivity index (χ4n) is 3.81. The largest absolute Gasteiger partial charge is 0.466 e. The van der Waals surface area contributed by atoms with Gasteiger partial charge in [0.25, 0.3) is 5.56 Å². The van der Waals surface area contributed by atoms with Gasteiger partial charge in [-0.15, -0.1) is 11.3 Å². The molecule has 3 rings (SSSR count). The number of aryl methyl sites for hydroxylation is 3. The van der Waals surface area contributed by atoms with Crippen molar-refractivity contribution in [2.75, 3.05) is 23.8 Å². The topological polar surface area (TPSA) is 152 Å². The molecule has 0 radical (unpaired) electrons. The summed E-state index contributed by atoms with van der Waals surface area (Å²) in [6.07, 6.45) is 3.38. The number of esters is 2. The number of pyridine rings is 1. The maximum atomic E-state index is 12.7. The first-order chi connectivity index (χ1) is 18.9. The molecular formula is C28H37N5O6S. The third-order valence-electron chi connectivity index (χ3n) is 6.02. The van der Waals surface area contributed by atoms with Crippen LogP contribution < -0.4 is 16.2 Å². The van der Waals surface area contributed by atoms with Crippen molar-refractivity contribution in [3.63, 3.8) is 0 Å². The monoisotopic (exact) mass is 571 g/mol. The smallest absolute Gasteiger partial charge is 0.328 e. The van der Waals surface area contributed by atoms with Crippen LogP contribution in [0.5, 0.6) is 0 Å². The highest BCUT2D eigenvalue weighted by atomic mass is 32.1. The molecule has 1 amide bonds. The van der Waals surface area contributed by atoms with Crippen molar-refractivity contribution in [2.45, 2.75) is 73.3 Å². The van der Waals surface area contributed by atoms with Crippen molar-refractivity contribution < 1.29 is 23.9 Å². The highest BCUT2D eigenvalue weighted by Gasteiger charge is 2.23. The molecule has 11 nitrogen and oxygen atoms in total. The maximum absolute atomic E-state index is 12.7. The highest BCUT2D eigenvalue weighted by molar-refractivity contribution is 7.16. The summed E-state index contributed by atoms with van der Waals surface area (Å²) in [5.41, 5.74) is 1.17. The van der Waals surface area contributed by atoms with Gasteiger partial charge in [0, 0.05) is 22.9 Å². The van der Waals surface area contributed by atoms with E-state index in [0.29, 0.717) is 18.2 Å². The van der Waals surface area contributed by atoms with Crippen molar-refractivity contribution in [3.8, 4) is 0 Å². The Hall–Kier alpha value is -3.80. The van der Waals surface area contributed by atoms with Crippen LogP contribution in [-0.4, -0.2) is 52.1 Å². The number of thiophene rings is 1. The van der Waals surface area contributed by atoms with E-state index in [-0.39, 0.29) is 55.1 Å². The summed E-state index contributed by atoms with van der Waals surface area (Å²) >= 11 is 1.53. The van der Waals surface area contributed by atoms with Gasteiger partial charge in [-0.3, -0.25) is 24.7 Å². The Morgan fingerprint density at radius 2 is 1.82 bits per heavy atom. The molecule has 0 fully saturated rings. The summed E-state index contributed by atoms with van der Waals surface area (Å²) < 4.78 is 10.2. The molecule has 216 valence electrons. The number of amides is 1. The molecular weight excluding hydrogens is 534 g/mol. The minimum atomic E-state index is -0.669. The molecule has 0 bridgehead atoms. The summed E-state index contributed by atoms with van der Waals surface area (Å²) in [5, 5.41) is 6.99. The lowest BCUT2D eigenvalue weighted by atomic mass is 9.96. The molecule has 0 spiro atoms. The van der Waals surface area contributed by atoms with Gasteiger partial charge in [-0.25, -0.2) is 9.78 Å². The average molecular weight is 572 g/mol. The van der Waals surface area contributed by atoms with Crippen molar-refractivity contribution >= 4 is 51.2 Å². The molecule has 0 saturated carbocycles. The van der Waals surface area contributed by atoms with Crippen LogP contribution in [0, 0.1) is 12.3 Å². The Bertz CT molecular complexity index is 1420. The first kappa shape index (κ1) is 30.7. The Kier molecular flexibility index (Phi) is 10.4. The maximum Gasteiger partial charge on any atom is 0.328 e. The molecule has 3 N–H and O–H groups in total. The Labute approximate surface area is 237 Å². The van der Waals surface area contributed by atoms with Crippen LogP contribution in [0.25, 0.3) is 11.0 Å². The third-order valence-corrected chi connectivity index (χ3v) is 7.25. The zero-order valence-electron chi connectivity index (χ0n) is 23.8. The first-order valence-electron chi connectivity index (χ1n) is 13.3. The molecule has 0 saturated heterocycles. The summed E-state index contributed by atoms with van der Waals surface area (Å²) in [5.74, 6) is -0.971. The summed E-state index contributed by atoms with van der Waals surface area (Å²) in [6.45, 7) is 11.3. The Morgan fingerprint density at radius 3 is 2.50 bits per heavy atom. The van der Waals surface area contributed by atoms with Gasteiger partial charge in [0.15, 0.2) is 5.65 Å². The van der Waals surface area contributed by atoms with Gasteiger partial charge >= 0.3 is 11.9 Å². The second-order valence-corrected chi connectivity index (χ2v) is 11.5. The Balaban J connectivity index is 1.69. The molecule has 0 aliphatic carbocycles. The predicted molar refractivity (Wildman–Crippen MR) is 155 cm³/mol. The van der Waals surface area contributed by atoms with E-state index in [4.69, 9.17) is 9.47 Å². The van der Waals surface area contributed by atoms with Gasteiger partial charge in [0.2, 0.25) is 11.9 Å². The number of H-pyrrole nitrogens is 1. The van der Waals surface area contributed by atoms with E-state index in [0.717, 1.165) is 21.0 Å². The highest BCUT2D eigenvalue weighted by Crippen LogP contribution is 2.29. The number of fused-ring (bicyclic) bond motifs is 1. The number of ether oxygens (including phenoxy) is 2. The number of hydrogen-bond donors (Lipinski definition) is 3. The van der Waals surface area contributed by atoms with Gasteiger partial charge < -0.3 is 14.8 Å². The van der Waals surface area contributed by atoms with Crippen molar-refractivity contribution in [2.24, 2.45) is 5.41 Å². The van der Waals surface area contributed by atoms with Crippen LogP contribution in [0.2, 0.25) is 0 Å². The molecule has 40 heavy (non-hydrogen) atoms. The van der Waals surface area contributed by atoms with Crippen LogP contribution in [0.15, 0.2) is 23.1 Å². The first-order valence-corrected chi connectivity index (χ1v) is 14.1. The second kappa shape index (κ2) is 13.5. The number of rotatable bonds is 12. The van der Waals surface area contributed by atoms with E-state index in [1.54, 1.807) is 46.9 Å². The number of carbonyl (C=O) groups excluding carboxylic acids is 3. The van der Waals surface area contributed by atoms with Gasteiger partial charge in [-0.1, -0.05) is 20.8 Å². The predicted octanol–water partition coefficient (Wildman–Crippen LogP) is 4.14. The zero-order chi connectivity index (χ0) is 29.4. The van der Waals surface area contributed by atoms with Gasteiger partial charge in [-0.2, -0.15) is 4.98 Å². The van der Waals surface area contributed by atoms with Gasteiger partial charge in [0.05, 0.1) is 23.6 Å². The quantitative estimate of drug-likeness (QED) is 0.272. The lowest BCUT2D eigenvalue weighted by molar-refractivity contribution is -0.145. The lowest BCUT2D eigenvalue weighted by Gasteiger charge is -2.17. The number of aromatic amines is 1. The molecule has 3 aromatic heterocycles.